The summed E-state index contributed by atoms with van der Waals surface area (Å²) >= 11 is 0. The largest absolute Gasteiger partial charge is 0.382 e. The number of carbonyl (C=O) groups is 2. The van der Waals surface area contributed by atoms with Crippen molar-refractivity contribution in [2.45, 2.75) is 90.4 Å². The van der Waals surface area contributed by atoms with Crippen LogP contribution >= 0.6 is 0 Å². The van der Waals surface area contributed by atoms with E-state index in [0.717, 1.165) is 25.4 Å². The number of aldehydes is 2. The van der Waals surface area contributed by atoms with Gasteiger partial charge in [-0.15, -0.1) is 0 Å². The Bertz CT molecular complexity index is 443. The van der Waals surface area contributed by atoms with Crippen LogP contribution in [0.15, 0.2) is 0 Å². The van der Waals surface area contributed by atoms with E-state index in [-0.39, 0.29) is 34.0 Å². The molecule has 6 nitrogen and oxygen atoms in total. The Morgan fingerprint density at radius 1 is 0.714 bits per heavy atom. The number of hydrogen-bond acceptors (Lipinski definition) is 6. The van der Waals surface area contributed by atoms with Crippen LogP contribution in [0.3, 0.4) is 0 Å². The lowest BCUT2D eigenvalue weighted by Gasteiger charge is -2.26. The quantitative estimate of drug-likeness (QED) is 0.546. The fourth-order valence-corrected chi connectivity index (χ4v) is 4.24. The van der Waals surface area contributed by atoms with Gasteiger partial charge in [-0.1, -0.05) is 0 Å². The zero-order valence-electron chi connectivity index (χ0n) is 19.8. The molecular weight excluding hydrogens is 356 g/mol. The molecular formula is C22H44N2O4. The molecule has 166 valence electrons. The van der Waals surface area contributed by atoms with E-state index in [0.29, 0.717) is 13.2 Å². The molecule has 0 saturated carbocycles. The molecule has 6 heteroatoms. The predicted octanol–water partition coefficient (Wildman–Crippen LogP) is 2.98. The van der Waals surface area contributed by atoms with Gasteiger partial charge in [-0.25, -0.2) is 0 Å². The average Bonchev–Trinajstić information content (AvgIpc) is 2.90. The van der Waals surface area contributed by atoms with Gasteiger partial charge in [0.25, 0.3) is 0 Å². The summed E-state index contributed by atoms with van der Waals surface area (Å²) in [5.41, 5.74) is 0.195. The minimum Gasteiger partial charge on any atom is -0.382 e. The third-order valence-electron chi connectivity index (χ3n) is 5.46. The summed E-state index contributed by atoms with van der Waals surface area (Å²) in [5.74, 6) is 0.329. The summed E-state index contributed by atoms with van der Waals surface area (Å²) in [5, 5.41) is 6.88. The van der Waals surface area contributed by atoms with Crippen LogP contribution in [0.1, 0.15) is 68.2 Å². The van der Waals surface area contributed by atoms with Crippen LogP contribution < -0.4 is 10.6 Å². The number of methoxy groups -OCH3 is 2. The molecule has 2 aliphatic heterocycles. The second kappa shape index (κ2) is 10.8. The topological polar surface area (TPSA) is 76.7 Å². The van der Waals surface area contributed by atoms with E-state index in [1.807, 2.05) is 0 Å². The Kier molecular flexibility index (Phi) is 10.5. The second-order valence-corrected chi connectivity index (χ2v) is 10.3. The molecule has 2 fully saturated rings. The average molecular weight is 401 g/mol. The first kappa shape index (κ1) is 27.2. The van der Waals surface area contributed by atoms with Crippen LogP contribution in [0.4, 0.5) is 0 Å². The molecule has 2 heterocycles. The Balaban J connectivity index is 0.000000411. The SMILES string of the molecule is CC1(C)CC(C=O)C(C)(C)N1.CC1(C)CC(C=O)C(C)(C)N1.COCCOC. The van der Waals surface area contributed by atoms with Crippen LogP contribution in [0.25, 0.3) is 0 Å². The Morgan fingerprint density at radius 2 is 1.00 bits per heavy atom. The summed E-state index contributed by atoms with van der Waals surface area (Å²) in [6.45, 7) is 18.3. The molecule has 0 aliphatic carbocycles. The maximum atomic E-state index is 10.7. The van der Waals surface area contributed by atoms with E-state index < -0.39 is 0 Å². The first-order valence-electron chi connectivity index (χ1n) is 10.1. The van der Waals surface area contributed by atoms with Crippen LogP contribution in [0, 0.1) is 11.8 Å². The van der Waals surface area contributed by atoms with Crippen LogP contribution in [0.2, 0.25) is 0 Å². The zero-order chi connectivity index (χ0) is 22.2. The maximum absolute atomic E-state index is 10.7. The van der Waals surface area contributed by atoms with Crippen molar-refractivity contribution in [1.82, 2.24) is 10.6 Å². The van der Waals surface area contributed by atoms with Gasteiger partial charge in [0.1, 0.15) is 12.6 Å². The first-order chi connectivity index (χ1) is 12.7. The van der Waals surface area contributed by atoms with Gasteiger partial charge >= 0.3 is 0 Å². The van der Waals surface area contributed by atoms with E-state index in [2.05, 4.69) is 75.5 Å². The molecule has 0 radical (unpaired) electrons. The molecule has 0 spiro atoms. The van der Waals surface area contributed by atoms with Gasteiger partial charge in [-0.3, -0.25) is 0 Å². The summed E-state index contributed by atoms with van der Waals surface area (Å²) in [6.07, 6.45) is 4.04. The maximum Gasteiger partial charge on any atom is 0.124 e. The molecule has 2 rings (SSSR count). The van der Waals surface area contributed by atoms with Crippen molar-refractivity contribution in [1.29, 1.82) is 0 Å². The molecule has 28 heavy (non-hydrogen) atoms. The van der Waals surface area contributed by atoms with Gasteiger partial charge in [-0.05, 0) is 68.2 Å². The minimum absolute atomic E-state index is 0.0226. The van der Waals surface area contributed by atoms with Gasteiger partial charge in [0.2, 0.25) is 0 Å². The van der Waals surface area contributed by atoms with Crippen molar-refractivity contribution in [2.24, 2.45) is 11.8 Å². The lowest BCUT2D eigenvalue weighted by molar-refractivity contribution is -0.112. The normalized spacial score (nSPS) is 28.4. The van der Waals surface area contributed by atoms with Gasteiger partial charge in [0, 0.05) is 48.2 Å². The third-order valence-corrected chi connectivity index (χ3v) is 5.46. The highest BCUT2D eigenvalue weighted by Crippen LogP contribution is 2.34. The molecule has 0 aromatic carbocycles. The van der Waals surface area contributed by atoms with Crippen LogP contribution in [0.5, 0.6) is 0 Å². The first-order valence-corrected chi connectivity index (χ1v) is 10.1. The molecule has 2 atom stereocenters. The molecule has 0 aromatic heterocycles. The minimum atomic E-state index is -0.0226. The third kappa shape index (κ3) is 9.12. The summed E-state index contributed by atoms with van der Waals surface area (Å²) < 4.78 is 9.31. The molecule has 2 unspecified atom stereocenters. The van der Waals surface area contributed by atoms with E-state index in [4.69, 9.17) is 0 Å². The fourth-order valence-electron chi connectivity index (χ4n) is 4.24. The summed E-state index contributed by atoms with van der Waals surface area (Å²) in [7, 11) is 3.30. The lowest BCUT2D eigenvalue weighted by atomic mass is 9.88. The standard InChI is InChI=1S/2C9H17NO.C4H10O2/c2*1-8(2)5-7(6-11)9(3,4)10-8;1-5-3-4-6-2/h2*6-7,10H,5H2,1-4H3;3-4H2,1-2H3. The number of nitrogens with one attached hydrogen (secondary N) is 2. The number of carbonyl (C=O) groups excluding carboxylic acids is 2. The van der Waals surface area contributed by atoms with Crippen molar-refractivity contribution in [3.63, 3.8) is 0 Å². The Morgan fingerprint density at radius 3 is 1.11 bits per heavy atom. The van der Waals surface area contributed by atoms with E-state index in [1.54, 1.807) is 14.2 Å². The molecule has 0 aromatic rings. The Hall–Kier alpha value is -0.820. The van der Waals surface area contributed by atoms with Crippen molar-refractivity contribution < 1.29 is 19.1 Å². The zero-order valence-corrected chi connectivity index (χ0v) is 19.8. The molecule has 2 saturated heterocycles. The number of hydrogen-bond donors (Lipinski definition) is 2. The van der Waals surface area contributed by atoms with E-state index in [1.165, 1.54) is 0 Å². The van der Waals surface area contributed by atoms with Gasteiger partial charge in [0.15, 0.2) is 0 Å². The second-order valence-electron chi connectivity index (χ2n) is 10.3. The van der Waals surface area contributed by atoms with Crippen LogP contribution in [-0.2, 0) is 19.1 Å². The van der Waals surface area contributed by atoms with Crippen molar-refractivity contribution in [3.8, 4) is 0 Å². The molecule has 0 amide bonds. The van der Waals surface area contributed by atoms with Crippen molar-refractivity contribution in [2.75, 3.05) is 27.4 Å². The fraction of sp³-hybridized carbons (Fsp3) is 0.909. The monoisotopic (exact) mass is 400 g/mol. The molecule has 2 aliphatic rings. The van der Waals surface area contributed by atoms with Crippen LogP contribution in [-0.4, -0.2) is 62.2 Å². The smallest absolute Gasteiger partial charge is 0.124 e. The summed E-state index contributed by atoms with van der Waals surface area (Å²) in [6, 6.07) is 0. The van der Waals surface area contributed by atoms with Gasteiger partial charge in [0.05, 0.1) is 13.2 Å². The number of ether oxygens (including phenoxy) is 2. The summed E-state index contributed by atoms with van der Waals surface area (Å²) in [4.78, 5) is 21.3. The predicted molar refractivity (Wildman–Crippen MR) is 115 cm³/mol. The highest BCUT2D eigenvalue weighted by molar-refractivity contribution is 5.57. The highest BCUT2D eigenvalue weighted by atomic mass is 16.5. The van der Waals surface area contributed by atoms with Crippen molar-refractivity contribution in [3.05, 3.63) is 0 Å². The van der Waals surface area contributed by atoms with Gasteiger partial charge < -0.3 is 29.7 Å². The molecule has 0 bridgehead atoms. The lowest BCUT2D eigenvalue weighted by Crippen LogP contribution is -2.45. The Labute approximate surface area is 172 Å². The van der Waals surface area contributed by atoms with E-state index in [9.17, 15) is 9.59 Å². The van der Waals surface area contributed by atoms with Gasteiger partial charge in [-0.2, -0.15) is 0 Å². The van der Waals surface area contributed by atoms with E-state index >= 15 is 0 Å². The van der Waals surface area contributed by atoms with Crippen molar-refractivity contribution >= 4 is 12.6 Å². The highest BCUT2D eigenvalue weighted by Gasteiger charge is 2.44. The molecule has 2 N–H and O–H groups in total. The number of rotatable bonds is 5.